The molecule has 4 aromatic rings. The number of amides is 1. The van der Waals surface area contributed by atoms with Crippen molar-refractivity contribution in [1.82, 2.24) is 29.2 Å². The number of aryl methyl sites for hydroxylation is 1. The average molecular weight is 572 g/mol. The summed E-state index contributed by atoms with van der Waals surface area (Å²) in [6, 6.07) is 8.77. The summed E-state index contributed by atoms with van der Waals surface area (Å²) in [5.74, 6) is -0.373. The van der Waals surface area contributed by atoms with Gasteiger partial charge in [-0.1, -0.05) is 6.07 Å². The second-order valence-corrected chi connectivity index (χ2v) is 12.7. The maximum atomic E-state index is 15.6. The minimum absolute atomic E-state index is 0.0615. The number of hydrogen-bond donors (Lipinski definition) is 2. The highest BCUT2D eigenvalue weighted by molar-refractivity contribution is 6.05. The molecule has 7 rings (SSSR count). The average Bonchev–Trinajstić information content (AvgIpc) is 3.65. The fourth-order valence-corrected chi connectivity index (χ4v) is 6.88. The highest BCUT2D eigenvalue weighted by Crippen LogP contribution is 2.40. The molecule has 220 valence electrons. The number of nitrogens with one attached hydrogen (secondary N) is 1. The van der Waals surface area contributed by atoms with E-state index in [4.69, 9.17) is 4.98 Å². The number of piperidine rings is 1. The van der Waals surface area contributed by atoms with Crippen LogP contribution in [0.4, 0.5) is 10.3 Å². The van der Waals surface area contributed by atoms with Gasteiger partial charge in [-0.05, 0) is 101 Å². The largest absolute Gasteiger partial charge is 0.390 e. The molecular formula is C32H38FN7O2. The van der Waals surface area contributed by atoms with Crippen LogP contribution < -0.4 is 5.32 Å². The molecule has 0 radical (unpaired) electrons. The second kappa shape index (κ2) is 10.6. The van der Waals surface area contributed by atoms with E-state index in [1.54, 1.807) is 17.9 Å². The van der Waals surface area contributed by atoms with Crippen LogP contribution in [0.15, 0.2) is 42.9 Å². The van der Waals surface area contributed by atoms with Crippen molar-refractivity contribution in [2.75, 3.05) is 18.4 Å². The van der Waals surface area contributed by atoms with Gasteiger partial charge in [-0.15, -0.1) is 0 Å². The first kappa shape index (κ1) is 27.2. The van der Waals surface area contributed by atoms with Crippen molar-refractivity contribution in [3.8, 4) is 11.3 Å². The molecule has 1 amide bonds. The van der Waals surface area contributed by atoms with Gasteiger partial charge in [-0.25, -0.2) is 9.37 Å². The second-order valence-electron chi connectivity index (χ2n) is 12.7. The molecular weight excluding hydrogens is 533 g/mol. The van der Waals surface area contributed by atoms with Crippen LogP contribution >= 0.6 is 0 Å². The molecule has 1 saturated heterocycles. The number of aromatic nitrogens is 5. The molecule has 3 fully saturated rings. The number of aliphatic hydroxyl groups is 1. The lowest BCUT2D eigenvalue weighted by molar-refractivity contribution is 0.0106. The Morgan fingerprint density at radius 3 is 2.52 bits per heavy atom. The minimum atomic E-state index is -0.695. The van der Waals surface area contributed by atoms with Crippen LogP contribution in [0, 0.1) is 5.82 Å². The summed E-state index contributed by atoms with van der Waals surface area (Å²) in [6.07, 6.45) is 12.4. The molecule has 4 heterocycles. The molecule has 0 spiro atoms. The van der Waals surface area contributed by atoms with Crippen LogP contribution in [0.2, 0.25) is 0 Å². The number of hydrogen-bond acceptors (Lipinski definition) is 6. The summed E-state index contributed by atoms with van der Waals surface area (Å²) < 4.78 is 19.2. The van der Waals surface area contributed by atoms with Gasteiger partial charge in [-0.2, -0.15) is 5.10 Å². The number of nitrogens with zero attached hydrogens (tertiary/aromatic N) is 6. The number of anilines is 1. The number of benzene rings is 1. The lowest BCUT2D eigenvalue weighted by atomic mass is 9.83. The van der Waals surface area contributed by atoms with Gasteiger partial charge in [0.25, 0.3) is 5.91 Å². The third kappa shape index (κ3) is 5.22. The summed E-state index contributed by atoms with van der Waals surface area (Å²) >= 11 is 0. The van der Waals surface area contributed by atoms with E-state index in [-0.39, 0.29) is 17.3 Å². The molecule has 1 aromatic carbocycles. The van der Waals surface area contributed by atoms with Crippen molar-refractivity contribution in [1.29, 1.82) is 0 Å². The third-order valence-corrected chi connectivity index (χ3v) is 9.51. The summed E-state index contributed by atoms with van der Waals surface area (Å²) in [5, 5.41) is 17.6. The lowest BCUT2D eigenvalue weighted by Gasteiger charge is -2.34. The Bertz CT molecular complexity index is 1620. The zero-order valence-electron chi connectivity index (χ0n) is 24.3. The number of likely N-dealkylation sites (tertiary alicyclic amines) is 1. The van der Waals surface area contributed by atoms with Gasteiger partial charge in [-0.3, -0.25) is 19.8 Å². The fraction of sp³-hybridized carbons (Fsp3) is 0.500. The van der Waals surface area contributed by atoms with Gasteiger partial charge in [0.05, 0.1) is 28.4 Å². The Hall–Kier alpha value is -3.63. The highest BCUT2D eigenvalue weighted by atomic mass is 19.1. The van der Waals surface area contributed by atoms with E-state index in [0.717, 1.165) is 55.8 Å². The Morgan fingerprint density at radius 1 is 1.07 bits per heavy atom. The van der Waals surface area contributed by atoms with E-state index in [1.807, 2.05) is 6.92 Å². The predicted octanol–water partition coefficient (Wildman–Crippen LogP) is 5.43. The summed E-state index contributed by atoms with van der Waals surface area (Å²) in [4.78, 5) is 25.3. The van der Waals surface area contributed by atoms with Crippen molar-refractivity contribution < 1.29 is 14.3 Å². The number of halogens is 1. The molecule has 0 atom stereocenters. The molecule has 2 aliphatic carbocycles. The smallest absolute Gasteiger partial charge is 0.261 e. The molecule has 2 saturated carbocycles. The van der Waals surface area contributed by atoms with Gasteiger partial charge in [0, 0.05) is 37.1 Å². The molecule has 0 bridgehead atoms. The molecule has 2 N–H and O–H groups in total. The van der Waals surface area contributed by atoms with Crippen LogP contribution in [-0.2, 0) is 7.05 Å². The minimum Gasteiger partial charge on any atom is -0.390 e. The lowest BCUT2D eigenvalue weighted by Crippen LogP contribution is -2.34. The summed E-state index contributed by atoms with van der Waals surface area (Å²) in [6.45, 7) is 4.16. The molecule has 42 heavy (non-hydrogen) atoms. The van der Waals surface area contributed by atoms with Gasteiger partial charge in [0.15, 0.2) is 5.82 Å². The maximum Gasteiger partial charge on any atom is 0.261 e. The van der Waals surface area contributed by atoms with Crippen molar-refractivity contribution in [3.63, 3.8) is 0 Å². The van der Waals surface area contributed by atoms with Crippen LogP contribution in [0.25, 0.3) is 22.3 Å². The van der Waals surface area contributed by atoms with E-state index in [9.17, 15) is 9.90 Å². The Labute approximate surface area is 244 Å². The van der Waals surface area contributed by atoms with Crippen molar-refractivity contribution in [2.24, 2.45) is 7.05 Å². The number of pyridine rings is 1. The van der Waals surface area contributed by atoms with E-state index in [1.165, 1.54) is 36.9 Å². The Kier molecular flexibility index (Phi) is 6.85. The SMILES string of the molecule is Cn1cc(-c2nccc(C(=O)Nc3nc4cc(C5CCN(C6CC6)CC5)ccc4n3C3CCC(C)(O)CC3)c2F)cn1. The van der Waals surface area contributed by atoms with Crippen molar-refractivity contribution in [2.45, 2.75) is 81.9 Å². The Morgan fingerprint density at radius 2 is 1.83 bits per heavy atom. The number of fused-ring (bicyclic) bond motifs is 1. The van der Waals surface area contributed by atoms with E-state index in [0.29, 0.717) is 30.3 Å². The molecule has 1 aliphatic heterocycles. The topological polar surface area (TPSA) is 101 Å². The molecule has 3 aliphatic rings. The first-order chi connectivity index (χ1) is 20.3. The molecule has 9 nitrogen and oxygen atoms in total. The van der Waals surface area contributed by atoms with E-state index < -0.39 is 17.3 Å². The van der Waals surface area contributed by atoms with Gasteiger partial charge < -0.3 is 14.6 Å². The van der Waals surface area contributed by atoms with Crippen LogP contribution in [-0.4, -0.2) is 65.0 Å². The maximum absolute atomic E-state index is 15.6. The van der Waals surface area contributed by atoms with E-state index in [2.05, 4.69) is 43.1 Å². The monoisotopic (exact) mass is 571 g/mol. The van der Waals surface area contributed by atoms with Gasteiger partial charge in [0.1, 0.15) is 5.69 Å². The van der Waals surface area contributed by atoms with Crippen LogP contribution in [0.1, 0.15) is 86.2 Å². The quantitative estimate of drug-likeness (QED) is 0.320. The normalized spacial score (nSPS) is 23.9. The zero-order valence-corrected chi connectivity index (χ0v) is 24.3. The standard InChI is InChI=1S/C32H38FN7O2/c1-32(42)12-7-24(8-13-32)40-27-6-3-21(20-10-15-39(16-11-20)23-4-5-23)17-26(27)36-31(40)37-30(41)25-9-14-34-29(28(25)33)22-18-35-38(2)19-22/h3,6,9,14,17-20,23-24,42H,4-5,7-8,10-13,15-16H2,1-2H3,(H,36,37,41). The predicted molar refractivity (Wildman–Crippen MR) is 159 cm³/mol. The van der Waals surface area contributed by atoms with Gasteiger partial charge in [0.2, 0.25) is 5.95 Å². The summed E-state index contributed by atoms with van der Waals surface area (Å²) in [5.41, 5.74) is 2.85. The Balaban J connectivity index is 1.20. The zero-order chi connectivity index (χ0) is 29.0. The number of imidazole rings is 1. The van der Waals surface area contributed by atoms with Crippen LogP contribution in [0.5, 0.6) is 0 Å². The number of rotatable bonds is 6. The number of carbonyl (C=O) groups excluding carboxylic acids is 1. The number of carbonyl (C=O) groups is 1. The molecule has 3 aromatic heterocycles. The molecule has 10 heteroatoms. The van der Waals surface area contributed by atoms with Crippen molar-refractivity contribution in [3.05, 3.63) is 59.8 Å². The van der Waals surface area contributed by atoms with Crippen LogP contribution in [0.3, 0.4) is 0 Å². The highest BCUT2D eigenvalue weighted by Gasteiger charge is 2.34. The summed E-state index contributed by atoms with van der Waals surface area (Å²) in [7, 11) is 1.75. The van der Waals surface area contributed by atoms with Gasteiger partial charge >= 0.3 is 0 Å². The van der Waals surface area contributed by atoms with Crippen molar-refractivity contribution >= 4 is 22.9 Å². The third-order valence-electron chi connectivity index (χ3n) is 9.51. The van der Waals surface area contributed by atoms with E-state index >= 15 is 4.39 Å². The first-order valence-corrected chi connectivity index (χ1v) is 15.2. The molecule has 0 unspecified atom stereocenters. The first-order valence-electron chi connectivity index (χ1n) is 15.2. The fourth-order valence-electron chi connectivity index (χ4n) is 6.88.